The number of benzene rings is 2. The van der Waals surface area contributed by atoms with Gasteiger partial charge in [-0.3, -0.25) is 4.72 Å². The van der Waals surface area contributed by atoms with Gasteiger partial charge < -0.3 is 9.47 Å². The van der Waals surface area contributed by atoms with Gasteiger partial charge in [-0.2, -0.15) is 0 Å². The minimum atomic E-state index is -4.86. The highest BCUT2D eigenvalue weighted by atomic mass is 35.5. The fourth-order valence-electron chi connectivity index (χ4n) is 1.89. The van der Waals surface area contributed by atoms with E-state index < -0.39 is 33.0 Å². The van der Waals surface area contributed by atoms with E-state index in [1.54, 1.807) is 0 Å². The number of rotatable bonds is 5. The maximum absolute atomic E-state index is 12.4. The van der Waals surface area contributed by atoms with Crippen LogP contribution < -0.4 is 9.46 Å². The first-order chi connectivity index (χ1) is 12.0. The van der Waals surface area contributed by atoms with Crippen LogP contribution in [0.25, 0.3) is 0 Å². The number of carbonyl (C=O) groups is 1. The van der Waals surface area contributed by atoms with E-state index in [0.29, 0.717) is 0 Å². The molecule has 1 N–H and O–H groups in total. The maximum Gasteiger partial charge on any atom is 0.573 e. The molecule has 0 aliphatic rings. The Morgan fingerprint density at radius 3 is 2.27 bits per heavy atom. The second kappa shape index (κ2) is 7.42. The molecule has 26 heavy (non-hydrogen) atoms. The molecular weight excluding hydrogens is 399 g/mol. The van der Waals surface area contributed by atoms with Crippen molar-refractivity contribution in [3.63, 3.8) is 0 Å². The molecule has 0 heterocycles. The first-order valence-electron chi connectivity index (χ1n) is 6.78. The molecule has 0 atom stereocenters. The van der Waals surface area contributed by atoms with Crippen LogP contribution in [0.1, 0.15) is 10.4 Å². The number of sulfonamides is 1. The van der Waals surface area contributed by atoms with E-state index in [2.05, 4.69) is 14.2 Å². The van der Waals surface area contributed by atoms with Gasteiger partial charge in [-0.25, -0.2) is 13.2 Å². The quantitative estimate of drug-likeness (QED) is 0.759. The fourth-order valence-corrected chi connectivity index (χ4v) is 3.47. The molecule has 2 aromatic carbocycles. The molecule has 6 nitrogen and oxygen atoms in total. The highest BCUT2D eigenvalue weighted by Gasteiger charge is 2.31. The number of anilines is 1. The van der Waals surface area contributed by atoms with Crippen LogP contribution in [0.2, 0.25) is 5.02 Å². The van der Waals surface area contributed by atoms with E-state index in [0.717, 1.165) is 37.4 Å². The largest absolute Gasteiger partial charge is 0.573 e. The van der Waals surface area contributed by atoms with E-state index in [-0.39, 0.29) is 16.3 Å². The molecular formula is C15H11ClF3NO5S. The van der Waals surface area contributed by atoms with Crippen molar-refractivity contribution in [1.29, 1.82) is 0 Å². The van der Waals surface area contributed by atoms with Gasteiger partial charge in [-0.15, -0.1) is 13.2 Å². The average Bonchev–Trinajstić information content (AvgIpc) is 2.54. The van der Waals surface area contributed by atoms with Crippen molar-refractivity contribution in [3.8, 4) is 5.75 Å². The van der Waals surface area contributed by atoms with Gasteiger partial charge in [0.15, 0.2) is 0 Å². The highest BCUT2D eigenvalue weighted by Crippen LogP contribution is 2.27. The lowest BCUT2D eigenvalue weighted by molar-refractivity contribution is -0.274. The van der Waals surface area contributed by atoms with Crippen molar-refractivity contribution in [1.82, 2.24) is 0 Å². The molecule has 2 aromatic rings. The second-order valence-electron chi connectivity index (χ2n) is 4.81. The van der Waals surface area contributed by atoms with Gasteiger partial charge in [0.25, 0.3) is 10.0 Å². The average molecular weight is 410 g/mol. The number of carbonyl (C=O) groups excluding carboxylic acids is 1. The van der Waals surface area contributed by atoms with E-state index in [4.69, 9.17) is 11.6 Å². The van der Waals surface area contributed by atoms with Gasteiger partial charge >= 0.3 is 12.3 Å². The van der Waals surface area contributed by atoms with Crippen molar-refractivity contribution in [2.24, 2.45) is 0 Å². The van der Waals surface area contributed by atoms with Crippen LogP contribution in [0, 0.1) is 0 Å². The predicted octanol–water partition coefficient (Wildman–Crippen LogP) is 3.83. The lowest BCUT2D eigenvalue weighted by Crippen LogP contribution is -2.17. The van der Waals surface area contributed by atoms with Crippen LogP contribution >= 0.6 is 11.6 Å². The van der Waals surface area contributed by atoms with Crippen molar-refractivity contribution >= 4 is 33.3 Å². The summed E-state index contributed by atoms with van der Waals surface area (Å²) in [7, 11) is -3.08. The third-order valence-electron chi connectivity index (χ3n) is 2.98. The maximum atomic E-state index is 12.4. The second-order valence-corrected chi connectivity index (χ2v) is 6.87. The molecule has 0 aliphatic carbocycles. The number of hydrogen-bond acceptors (Lipinski definition) is 5. The van der Waals surface area contributed by atoms with Crippen LogP contribution in [0.3, 0.4) is 0 Å². The number of esters is 1. The Morgan fingerprint density at radius 2 is 1.73 bits per heavy atom. The molecule has 0 aliphatic heterocycles. The first-order valence-corrected chi connectivity index (χ1v) is 8.64. The molecule has 0 saturated carbocycles. The Hall–Kier alpha value is -2.46. The number of nitrogens with one attached hydrogen (secondary N) is 1. The van der Waals surface area contributed by atoms with Crippen molar-refractivity contribution in [3.05, 3.63) is 53.1 Å². The van der Waals surface area contributed by atoms with E-state index in [1.807, 2.05) is 0 Å². The Labute approximate surface area is 151 Å². The van der Waals surface area contributed by atoms with Crippen molar-refractivity contribution < 1.29 is 35.9 Å². The highest BCUT2D eigenvalue weighted by molar-refractivity contribution is 7.92. The molecule has 0 spiro atoms. The lowest BCUT2D eigenvalue weighted by Gasteiger charge is -2.12. The predicted molar refractivity (Wildman–Crippen MR) is 86.7 cm³/mol. The number of methoxy groups -OCH3 is 1. The Morgan fingerprint density at radius 1 is 1.12 bits per heavy atom. The Bertz CT molecular complexity index is 914. The summed E-state index contributed by atoms with van der Waals surface area (Å²) in [6, 6.07) is 7.57. The summed E-state index contributed by atoms with van der Waals surface area (Å²) >= 11 is 5.88. The molecule has 0 unspecified atom stereocenters. The van der Waals surface area contributed by atoms with Gasteiger partial charge in [0.05, 0.1) is 17.7 Å². The smallest absolute Gasteiger partial charge is 0.465 e. The molecule has 0 amide bonds. The van der Waals surface area contributed by atoms with E-state index in [1.165, 1.54) is 12.1 Å². The van der Waals surface area contributed by atoms with Gasteiger partial charge in [0.2, 0.25) is 0 Å². The van der Waals surface area contributed by atoms with Crippen LogP contribution in [-0.4, -0.2) is 27.9 Å². The molecule has 0 aromatic heterocycles. The Balaban J connectivity index is 2.27. The molecule has 0 fully saturated rings. The third kappa shape index (κ3) is 5.02. The zero-order valence-electron chi connectivity index (χ0n) is 13.0. The van der Waals surface area contributed by atoms with Crippen LogP contribution in [-0.2, 0) is 14.8 Å². The van der Waals surface area contributed by atoms with Gasteiger partial charge in [-0.1, -0.05) is 11.6 Å². The van der Waals surface area contributed by atoms with Gasteiger partial charge in [-0.05, 0) is 42.5 Å². The summed E-state index contributed by atoms with van der Waals surface area (Å²) in [6.07, 6.45) is -4.86. The first kappa shape index (κ1) is 19.9. The zero-order chi connectivity index (χ0) is 19.5. The van der Waals surface area contributed by atoms with Gasteiger partial charge in [0, 0.05) is 5.69 Å². The van der Waals surface area contributed by atoms with Crippen molar-refractivity contribution in [2.75, 3.05) is 11.8 Å². The van der Waals surface area contributed by atoms with Gasteiger partial charge in [0.1, 0.15) is 10.6 Å². The summed E-state index contributed by atoms with van der Waals surface area (Å²) < 4.78 is 71.6. The number of halogens is 4. The summed E-state index contributed by atoms with van der Waals surface area (Å²) in [4.78, 5) is 11.1. The summed E-state index contributed by atoms with van der Waals surface area (Å²) in [5.74, 6) is -1.27. The minimum absolute atomic E-state index is 0.0286. The molecule has 0 saturated heterocycles. The van der Waals surface area contributed by atoms with E-state index >= 15 is 0 Å². The molecule has 2 rings (SSSR count). The standard InChI is InChI=1S/C15H11ClF3NO5S/c1-24-14(21)9-2-7-12(16)13(8-9)26(22,23)20-10-3-5-11(6-4-10)25-15(17,18)19/h2-8,20H,1H3. The van der Waals surface area contributed by atoms with Crippen LogP contribution in [0.5, 0.6) is 5.75 Å². The van der Waals surface area contributed by atoms with Crippen LogP contribution in [0.15, 0.2) is 47.4 Å². The van der Waals surface area contributed by atoms with E-state index in [9.17, 15) is 26.4 Å². The third-order valence-corrected chi connectivity index (χ3v) is 4.84. The molecule has 140 valence electrons. The minimum Gasteiger partial charge on any atom is -0.465 e. The SMILES string of the molecule is COC(=O)c1ccc(Cl)c(S(=O)(=O)Nc2ccc(OC(F)(F)F)cc2)c1. The summed E-state index contributed by atoms with van der Waals surface area (Å²) in [5, 5.41) is -0.151. The topological polar surface area (TPSA) is 81.7 Å². The lowest BCUT2D eigenvalue weighted by atomic mass is 10.2. The zero-order valence-corrected chi connectivity index (χ0v) is 14.6. The molecule has 0 radical (unpaired) electrons. The molecule has 0 bridgehead atoms. The number of ether oxygens (including phenoxy) is 2. The number of hydrogen-bond donors (Lipinski definition) is 1. The molecule has 11 heteroatoms. The van der Waals surface area contributed by atoms with Crippen molar-refractivity contribution in [2.45, 2.75) is 11.3 Å². The fraction of sp³-hybridized carbons (Fsp3) is 0.133. The Kier molecular flexibility index (Phi) is 5.67. The normalized spacial score (nSPS) is 11.7. The summed E-state index contributed by atoms with van der Waals surface area (Å²) in [5.41, 5.74) is -0.0646. The number of alkyl halides is 3. The monoisotopic (exact) mass is 409 g/mol. The van der Waals surface area contributed by atoms with Crippen LogP contribution in [0.4, 0.5) is 18.9 Å². The summed E-state index contributed by atoms with van der Waals surface area (Å²) in [6.45, 7) is 0.